The van der Waals surface area contributed by atoms with Crippen molar-refractivity contribution < 1.29 is 14.3 Å². The number of hydrogen-bond acceptors (Lipinski definition) is 5. The summed E-state index contributed by atoms with van der Waals surface area (Å²) in [5, 5.41) is 0. The van der Waals surface area contributed by atoms with Gasteiger partial charge in [0.05, 0.1) is 24.5 Å². The van der Waals surface area contributed by atoms with Crippen molar-refractivity contribution in [1.29, 1.82) is 0 Å². The number of amidine groups is 1. The molecule has 0 bridgehead atoms. The lowest BCUT2D eigenvalue weighted by atomic mass is 10.2. The first-order valence-corrected chi connectivity index (χ1v) is 6.30. The highest BCUT2D eigenvalue weighted by Gasteiger charge is 2.16. The first-order valence-electron chi connectivity index (χ1n) is 6.30. The van der Waals surface area contributed by atoms with Gasteiger partial charge in [0.25, 0.3) is 0 Å². The Morgan fingerprint density at radius 3 is 2.89 bits per heavy atom. The summed E-state index contributed by atoms with van der Waals surface area (Å²) >= 11 is 0. The van der Waals surface area contributed by atoms with E-state index in [2.05, 4.69) is 16.5 Å². The average Bonchev–Trinajstić information content (AvgIpc) is 2.64. The molecule has 2 aliphatic rings. The Morgan fingerprint density at radius 2 is 2.21 bits per heavy atom. The number of ether oxygens (including phenoxy) is 2. The van der Waals surface area contributed by atoms with Crippen LogP contribution >= 0.6 is 0 Å². The molecule has 2 heterocycles. The molecule has 102 valence electrons. The van der Waals surface area contributed by atoms with Crippen molar-refractivity contribution in [3.63, 3.8) is 0 Å². The second kappa shape index (κ2) is 6.33. The largest absolute Gasteiger partial charge is 0.429 e. The Hall–Kier alpha value is -1.88. The van der Waals surface area contributed by atoms with Gasteiger partial charge < -0.3 is 14.4 Å². The Kier molecular flexibility index (Phi) is 4.52. The molecule has 1 saturated heterocycles. The number of nitrogens with zero attached hydrogens (tertiary/aromatic N) is 2. The van der Waals surface area contributed by atoms with Gasteiger partial charge in [-0.15, -0.1) is 0 Å². The van der Waals surface area contributed by atoms with E-state index in [1.165, 1.54) is 0 Å². The van der Waals surface area contributed by atoms with Gasteiger partial charge in [0.1, 0.15) is 5.84 Å². The van der Waals surface area contributed by atoms with Crippen LogP contribution in [0.25, 0.3) is 0 Å². The van der Waals surface area contributed by atoms with Gasteiger partial charge in [-0.1, -0.05) is 12.7 Å². The normalized spacial score (nSPS) is 19.3. The number of morpholine rings is 1. The molecule has 5 nitrogen and oxygen atoms in total. The van der Waals surface area contributed by atoms with Gasteiger partial charge in [0, 0.05) is 19.3 Å². The fraction of sp³-hybridized carbons (Fsp3) is 0.429. The van der Waals surface area contributed by atoms with Crippen LogP contribution < -0.4 is 0 Å². The first-order chi connectivity index (χ1) is 9.16. The minimum Gasteiger partial charge on any atom is -0.429 e. The Bertz CT molecular complexity index is 457. The van der Waals surface area contributed by atoms with Crippen molar-refractivity contribution in [2.24, 2.45) is 4.99 Å². The summed E-state index contributed by atoms with van der Waals surface area (Å²) in [6, 6.07) is 0. The zero-order valence-electron chi connectivity index (χ0n) is 11.1. The summed E-state index contributed by atoms with van der Waals surface area (Å²) < 4.78 is 10.3. The molecule has 0 N–H and O–H groups in total. The summed E-state index contributed by atoms with van der Waals surface area (Å²) in [6.07, 6.45) is 5.95. The van der Waals surface area contributed by atoms with Crippen molar-refractivity contribution in [3.05, 3.63) is 36.3 Å². The molecule has 0 radical (unpaired) electrons. The fourth-order valence-corrected chi connectivity index (χ4v) is 1.87. The molecule has 5 heteroatoms. The van der Waals surface area contributed by atoms with E-state index in [9.17, 15) is 4.79 Å². The maximum atomic E-state index is 11.8. The van der Waals surface area contributed by atoms with Crippen molar-refractivity contribution in [3.8, 4) is 0 Å². The molecule has 0 aromatic heterocycles. The molecule has 0 aromatic rings. The SMILES string of the molecule is C=C(C)OC(=O)C1=CN=C(N2CCOCC2)C=CC1. The van der Waals surface area contributed by atoms with Gasteiger partial charge in [0.2, 0.25) is 0 Å². The number of carbonyl (C=O) groups is 1. The summed E-state index contributed by atoms with van der Waals surface area (Å²) in [7, 11) is 0. The lowest BCUT2D eigenvalue weighted by Crippen LogP contribution is -2.39. The van der Waals surface area contributed by atoms with Gasteiger partial charge in [0.15, 0.2) is 0 Å². The smallest absolute Gasteiger partial charge is 0.340 e. The second-order valence-electron chi connectivity index (χ2n) is 4.44. The quantitative estimate of drug-likeness (QED) is 0.561. The molecule has 0 amide bonds. The number of allylic oxidation sites excluding steroid dienone is 2. The third-order valence-electron chi connectivity index (χ3n) is 2.82. The number of carbonyl (C=O) groups excluding carboxylic acids is 1. The summed E-state index contributed by atoms with van der Waals surface area (Å²) in [5.74, 6) is 0.863. The van der Waals surface area contributed by atoms with Crippen LogP contribution in [0.4, 0.5) is 0 Å². The molecule has 0 atom stereocenters. The molecule has 2 rings (SSSR count). The van der Waals surface area contributed by atoms with Crippen molar-refractivity contribution in [2.75, 3.05) is 26.3 Å². The van der Waals surface area contributed by atoms with Crippen LogP contribution in [0, 0.1) is 0 Å². The number of rotatable bonds is 2. The van der Waals surface area contributed by atoms with E-state index >= 15 is 0 Å². The van der Waals surface area contributed by atoms with E-state index in [4.69, 9.17) is 9.47 Å². The molecule has 1 fully saturated rings. The van der Waals surface area contributed by atoms with Gasteiger partial charge in [-0.25, -0.2) is 9.79 Å². The highest BCUT2D eigenvalue weighted by molar-refractivity contribution is 5.96. The Labute approximate surface area is 112 Å². The predicted molar refractivity (Wildman–Crippen MR) is 72.6 cm³/mol. The average molecular weight is 262 g/mol. The molecular formula is C14H18N2O3. The maximum Gasteiger partial charge on any atom is 0.340 e. The Balaban J connectivity index is 2.07. The molecule has 2 aliphatic heterocycles. The summed E-state index contributed by atoms with van der Waals surface area (Å²) in [4.78, 5) is 18.3. The zero-order chi connectivity index (χ0) is 13.7. The van der Waals surface area contributed by atoms with E-state index in [1.54, 1.807) is 13.1 Å². The number of hydrogen-bond donors (Lipinski definition) is 0. The predicted octanol–water partition coefficient (Wildman–Crippen LogP) is 1.64. The molecule has 0 aliphatic carbocycles. The standard InChI is InChI=1S/C14H18N2O3/c1-11(2)19-14(17)12-4-3-5-13(15-10-12)16-6-8-18-9-7-16/h3,5,10H,1,4,6-9H2,2H3. The van der Waals surface area contributed by atoms with Crippen LogP contribution in [0.3, 0.4) is 0 Å². The monoisotopic (exact) mass is 262 g/mol. The lowest BCUT2D eigenvalue weighted by Gasteiger charge is -2.28. The van der Waals surface area contributed by atoms with Gasteiger partial charge in [-0.2, -0.15) is 0 Å². The van der Waals surface area contributed by atoms with Gasteiger partial charge >= 0.3 is 5.97 Å². The van der Waals surface area contributed by atoms with Gasteiger partial charge in [-0.3, -0.25) is 0 Å². The fourth-order valence-electron chi connectivity index (χ4n) is 1.87. The van der Waals surface area contributed by atoms with Gasteiger partial charge in [-0.05, 0) is 19.4 Å². The highest BCUT2D eigenvalue weighted by Crippen LogP contribution is 2.13. The highest BCUT2D eigenvalue weighted by atomic mass is 16.5. The van der Waals surface area contributed by atoms with E-state index < -0.39 is 0 Å². The van der Waals surface area contributed by atoms with E-state index in [1.807, 2.05) is 12.2 Å². The molecular weight excluding hydrogens is 244 g/mol. The molecule has 0 spiro atoms. The number of esters is 1. The Morgan fingerprint density at radius 1 is 1.47 bits per heavy atom. The second-order valence-corrected chi connectivity index (χ2v) is 4.44. The zero-order valence-corrected chi connectivity index (χ0v) is 11.1. The summed E-state index contributed by atoms with van der Waals surface area (Å²) in [5.41, 5.74) is 0.530. The third kappa shape index (κ3) is 3.79. The van der Waals surface area contributed by atoms with E-state index in [0.717, 1.165) is 18.9 Å². The molecule has 19 heavy (non-hydrogen) atoms. The maximum absolute atomic E-state index is 11.8. The van der Waals surface area contributed by atoms with E-state index in [-0.39, 0.29) is 5.97 Å². The van der Waals surface area contributed by atoms with Crippen LogP contribution in [0.2, 0.25) is 0 Å². The van der Waals surface area contributed by atoms with Crippen LogP contribution in [0.5, 0.6) is 0 Å². The molecule has 0 saturated carbocycles. The van der Waals surface area contributed by atoms with Crippen LogP contribution in [-0.4, -0.2) is 43.0 Å². The lowest BCUT2D eigenvalue weighted by molar-refractivity contribution is -0.134. The minimum atomic E-state index is -0.385. The van der Waals surface area contributed by atoms with Crippen LogP contribution in [-0.2, 0) is 14.3 Å². The van der Waals surface area contributed by atoms with Crippen LogP contribution in [0.1, 0.15) is 13.3 Å². The summed E-state index contributed by atoms with van der Waals surface area (Å²) in [6.45, 7) is 8.26. The minimum absolute atomic E-state index is 0.385. The first kappa shape index (κ1) is 13.5. The van der Waals surface area contributed by atoms with Crippen molar-refractivity contribution in [1.82, 2.24) is 4.90 Å². The topological polar surface area (TPSA) is 51.1 Å². The number of aliphatic imine (C=N–C) groups is 1. The van der Waals surface area contributed by atoms with Crippen molar-refractivity contribution in [2.45, 2.75) is 13.3 Å². The molecule has 0 aromatic carbocycles. The van der Waals surface area contributed by atoms with E-state index in [0.29, 0.717) is 31.0 Å². The van der Waals surface area contributed by atoms with Crippen molar-refractivity contribution >= 4 is 11.8 Å². The van der Waals surface area contributed by atoms with Crippen LogP contribution in [0.15, 0.2) is 41.3 Å². The molecule has 0 unspecified atom stereocenters. The third-order valence-corrected chi connectivity index (χ3v) is 2.82.